The van der Waals surface area contributed by atoms with E-state index in [1.54, 1.807) is 30.3 Å². The maximum absolute atomic E-state index is 13.2. The van der Waals surface area contributed by atoms with Crippen LogP contribution in [-0.2, 0) is 9.59 Å². The highest BCUT2D eigenvalue weighted by Gasteiger charge is 2.38. The molecule has 1 aliphatic carbocycles. The Hall–Kier alpha value is -1.98. The molecule has 2 unspecified atom stereocenters. The molecule has 1 fully saturated rings. The maximum atomic E-state index is 13.2. The minimum absolute atomic E-state index is 0.127. The smallest absolute Gasteiger partial charge is 0.308 e. The van der Waals surface area contributed by atoms with Gasteiger partial charge in [-0.2, -0.15) is 0 Å². The Balaban J connectivity index is 2.09. The third-order valence-electron chi connectivity index (χ3n) is 4.43. The van der Waals surface area contributed by atoms with Crippen LogP contribution in [0.25, 0.3) is 0 Å². The van der Waals surface area contributed by atoms with Crippen molar-refractivity contribution < 1.29 is 23.5 Å². The fourth-order valence-electron chi connectivity index (χ4n) is 2.87. The second-order valence-electron chi connectivity index (χ2n) is 6.15. The lowest BCUT2D eigenvalue weighted by Crippen LogP contribution is -2.41. The molecule has 0 bridgehead atoms. The molecular weight excluding hydrogens is 304 g/mol. The molecule has 1 aromatic rings. The summed E-state index contributed by atoms with van der Waals surface area (Å²) in [5, 5.41) is 12.0. The second kappa shape index (κ2) is 7.06. The van der Waals surface area contributed by atoms with Crippen molar-refractivity contribution in [1.29, 1.82) is 0 Å². The van der Waals surface area contributed by atoms with Crippen molar-refractivity contribution in [3.8, 4) is 0 Å². The van der Waals surface area contributed by atoms with Crippen LogP contribution in [0.5, 0.6) is 0 Å². The summed E-state index contributed by atoms with van der Waals surface area (Å²) >= 11 is 0. The number of hydrogen-bond donors (Lipinski definition) is 2. The lowest BCUT2D eigenvalue weighted by Gasteiger charge is -2.30. The molecule has 0 aliphatic heterocycles. The predicted octanol–water partition coefficient (Wildman–Crippen LogP) is 3.39. The zero-order valence-electron chi connectivity index (χ0n) is 13.0. The topological polar surface area (TPSA) is 66.4 Å². The number of carbonyl (C=O) groups excluding carboxylic acids is 1. The van der Waals surface area contributed by atoms with E-state index in [0.717, 1.165) is 0 Å². The van der Waals surface area contributed by atoms with E-state index in [-0.39, 0.29) is 31.6 Å². The van der Waals surface area contributed by atoms with Gasteiger partial charge in [0.25, 0.3) is 0 Å². The van der Waals surface area contributed by atoms with Gasteiger partial charge in [0, 0.05) is 18.8 Å². The zero-order chi connectivity index (χ0) is 17.0. The number of aliphatic carboxylic acids is 1. The summed E-state index contributed by atoms with van der Waals surface area (Å²) in [5.74, 6) is -5.35. The lowest BCUT2D eigenvalue weighted by molar-refractivity contribution is -0.142. The van der Waals surface area contributed by atoms with Crippen molar-refractivity contribution in [3.05, 3.63) is 35.9 Å². The van der Waals surface area contributed by atoms with Crippen LogP contribution >= 0.6 is 0 Å². The summed E-state index contributed by atoms with van der Waals surface area (Å²) < 4.78 is 26.4. The Morgan fingerprint density at radius 1 is 1.22 bits per heavy atom. The first kappa shape index (κ1) is 17.4. The van der Waals surface area contributed by atoms with Crippen LogP contribution in [0.4, 0.5) is 8.78 Å². The van der Waals surface area contributed by atoms with Gasteiger partial charge in [0.2, 0.25) is 11.8 Å². The van der Waals surface area contributed by atoms with Crippen LogP contribution in [0.1, 0.15) is 44.2 Å². The number of carboxylic acids is 1. The monoisotopic (exact) mass is 325 g/mol. The third-order valence-corrected chi connectivity index (χ3v) is 4.43. The number of halogens is 2. The van der Waals surface area contributed by atoms with E-state index in [1.165, 1.54) is 6.92 Å². The number of carboxylic acid groups (broad SMARTS) is 1. The number of nitrogens with one attached hydrogen (secondary N) is 1. The molecule has 23 heavy (non-hydrogen) atoms. The van der Waals surface area contributed by atoms with Crippen LogP contribution in [0, 0.1) is 11.8 Å². The van der Waals surface area contributed by atoms with E-state index in [0.29, 0.717) is 5.56 Å². The van der Waals surface area contributed by atoms with Gasteiger partial charge in [0.1, 0.15) is 0 Å². The van der Waals surface area contributed by atoms with Gasteiger partial charge in [-0.15, -0.1) is 0 Å². The molecule has 126 valence electrons. The lowest BCUT2D eigenvalue weighted by atomic mass is 9.85. The van der Waals surface area contributed by atoms with Gasteiger partial charge in [-0.25, -0.2) is 8.78 Å². The summed E-state index contributed by atoms with van der Waals surface area (Å²) in [4.78, 5) is 23.7. The first-order valence-electron chi connectivity index (χ1n) is 7.76. The van der Waals surface area contributed by atoms with Crippen molar-refractivity contribution in [2.45, 2.75) is 44.6 Å². The average Bonchev–Trinajstić information content (AvgIpc) is 2.52. The Morgan fingerprint density at radius 2 is 1.78 bits per heavy atom. The number of amides is 1. The molecule has 2 atom stereocenters. The third kappa shape index (κ3) is 4.50. The number of rotatable bonds is 5. The van der Waals surface area contributed by atoms with Gasteiger partial charge in [-0.05, 0) is 25.3 Å². The van der Waals surface area contributed by atoms with E-state index in [4.69, 9.17) is 0 Å². The average molecular weight is 325 g/mol. The second-order valence-corrected chi connectivity index (χ2v) is 6.15. The molecule has 1 amide bonds. The molecule has 2 rings (SSSR count). The molecular formula is C17H21F2NO3. The molecule has 0 radical (unpaired) electrons. The molecule has 2 N–H and O–H groups in total. The van der Waals surface area contributed by atoms with Crippen molar-refractivity contribution in [2.24, 2.45) is 11.8 Å². The van der Waals surface area contributed by atoms with E-state index in [2.05, 4.69) is 5.32 Å². The standard InChI is InChI=1S/C17H21F2NO3/c1-11(16(22)23)14(12-5-3-2-4-6-12)20-15(21)13-7-9-17(18,19)10-8-13/h2-6,11,13-14H,7-10H2,1H3,(H,20,21)(H,22,23). The molecule has 4 nitrogen and oxygen atoms in total. The molecule has 0 heterocycles. The van der Waals surface area contributed by atoms with Crippen LogP contribution in [0.2, 0.25) is 0 Å². The van der Waals surface area contributed by atoms with Crippen LogP contribution in [0.3, 0.4) is 0 Å². The first-order valence-corrected chi connectivity index (χ1v) is 7.76. The van der Waals surface area contributed by atoms with E-state index < -0.39 is 29.8 Å². The molecule has 0 spiro atoms. The highest BCUT2D eigenvalue weighted by Crippen LogP contribution is 2.36. The minimum atomic E-state index is -2.69. The summed E-state index contributed by atoms with van der Waals surface area (Å²) in [6.45, 7) is 1.52. The van der Waals surface area contributed by atoms with Crippen molar-refractivity contribution in [2.75, 3.05) is 0 Å². The van der Waals surface area contributed by atoms with Crippen molar-refractivity contribution >= 4 is 11.9 Å². The van der Waals surface area contributed by atoms with Gasteiger partial charge >= 0.3 is 5.97 Å². The van der Waals surface area contributed by atoms with Crippen molar-refractivity contribution in [3.63, 3.8) is 0 Å². The van der Waals surface area contributed by atoms with Gasteiger partial charge in [0.15, 0.2) is 0 Å². The number of benzene rings is 1. The maximum Gasteiger partial charge on any atom is 0.308 e. The van der Waals surface area contributed by atoms with Crippen LogP contribution < -0.4 is 5.32 Å². The fraction of sp³-hybridized carbons (Fsp3) is 0.529. The normalized spacial score (nSPS) is 20.5. The molecule has 0 saturated heterocycles. The zero-order valence-corrected chi connectivity index (χ0v) is 13.0. The number of hydrogen-bond acceptors (Lipinski definition) is 2. The first-order chi connectivity index (χ1) is 10.8. The minimum Gasteiger partial charge on any atom is -0.481 e. The molecule has 1 aliphatic rings. The number of carbonyl (C=O) groups is 2. The van der Waals surface area contributed by atoms with Gasteiger partial charge in [-0.1, -0.05) is 30.3 Å². The van der Waals surface area contributed by atoms with E-state index in [9.17, 15) is 23.5 Å². The summed E-state index contributed by atoms with van der Waals surface area (Å²) in [6, 6.07) is 8.16. The Kier molecular flexibility index (Phi) is 5.34. The molecule has 6 heteroatoms. The Bertz CT molecular complexity index is 552. The highest BCUT2D eigenvalue weighted by atomic mass is 19.3. The summed E-state index contributed by atoms with van der Waals surface area (Å²) in [7, 11) is 0. The Morgan fingerprint density at radius 3 is 2.30 bits per heavy atom. The highest BCUT2D eigenvalue weighted by molar-refractivity contribution is 5.80. The van der Waals surface area contributed by atoms with Crippen molar-refractivity contribution in [1.82, 2.24) is 5.32 Å². The van der Waals surface area contributed by atoms with Gasteiger partial charge in [0.05, 0.1) is 12.0 Å². The summed E-state index contributed by atoms with van der Waals surface area (Å²) in [6.07, 6.45) is -0.339. The van der Waals surface area contributed by atoms with Gasteiger partial charge < -0.3 is 10.4 Å². The fourth-order valence-corrected chi connectivity index (χ4v) is 2.87. The van der Waals surface area contributed by atoms with Gasteiger partial charge in [-0.3, -0.25) is 9.59 Å². The summed E-state index contributed by atoms with van der Waals surface area (Å²) in [5.41, 5.74) is 0.692. The van der Waals surface area contributed by atoms with Crippen LogP contribution in [-0.4, -0.2) is 22.9 Å². The SMILES string of the molecule is CC(C(=O)O)C(NC(=O)C1CCC(F)(F)CC1)c1ccccc1. The molecule has 1 aromatic carbocycles. The van der Waals surface area contributed by atoms with Crippen LogP contribution in [0.15, 0.2) is 30.3 Å². The Labute approximate surface area is 133 Å². The largest absolute Gasteiger partial charge is 0.481 e. The molecule has 1 saturated carbocycles. The predicted molar refractivity (Wildman–Crippen MR) is 81.0 cm³/mol. The number of alkyl halides is 2. The van der Waals surface area contributed by atoms with E-state index >= 15 is 0 Å². The molecule has 0 aromatic heterocycles. The quantitative estimate of drug-likeness (QED) is 0.872. The van der Waals surface area contributed by atoms with E-state index in [1.807, 2.05) is 0 Å².